The van der Waals surface area contributed by atoms with Crippen LogP contribution in [0, 0.1) is 35.9 Å². The molecule has 3 saturated carbocycles. The number of benzene rings is 2. The van der Waals surface area contributed by atoms with Crippen LogP contribution >= 0.6 is 0 Å². The third-order valence-corrected chi connectivity index (χ3v) is 8.88. The first-order valence-corrected chi connectivity index (χ1v) is 13.6. The predicted octanol–water partition coefficient (Wildman–Crippen LogP) is 4.57. The van der Waals surface area contributed by atoms with Crippen LogP contribution in [0.1, 0.15) is 51.7 Å². The molecule has 2 bridgehead atoms. The SMILES string of the molecule is CC(=O)NNC(=N[C@H]1C[C@@H]2C[C@H]([C@@H]1C)C2(C)C)Nc1ccc2c(=O)n(CCc3ccc(C)cc3F)cnc2c1. The number of hydrogen-bond acceptors (Lipinski definition) is 4. The van der Waals surface area contributed by atoms with Crippen molar-refractivity contribution in [2.45, 2.75) is 66.5 Å². The largest absolute Gasteiger partial charge is 0.325 e. The van der Waals surface area contributed by atoms with E-state index < -0.39 is 0 Å². The molecule has 0 unspecified atom stereocenters. The van der Waals surface area contributed by atoms with E-state index in [2.05, 4.69) is 41.9 Å². The number of aromatic nitrogens is 2. The summed E-state index contributed by atoms with van der Waals surface area (Å²) in [4.78, 5) is 34.2. The molecule has 0 spiro atoms. The summed E-state index contributed by atoms with van der Waals surface area (Å²) in [6.45, 7) is 10.6. The highest BCUT2D eigenvalue weighted by Gasteiger charge is 2.56. The van der Waals surface area contributed by atoms with E-state index in [1.807, 2.05) is 13.0 Å². The lowest BCUT2D eigenvalue weighted by molar-refractivity contribution is -0.119. The molecule has 0 radical (unpaired) electrons. The fourth-order valence-corrected chi connectivity index (χ4v) is 6.33. The Hall–Kier alpha value is -3.75. The van der Waals surface area contributed by atoms with Gasteiger partial charge in [-0.05, 0) is 84.7 Å². The van der Waals surface area contributed by atoms with Crippen LogP contribution in [0.4, 0.5) is 10.1 Å². The molecule has 1 aromatic heterocycles. The lowest BCUT2D eigenvalue weighted by Crippen LogP contribution is -2.57. The van der Waals surface area contributed by atoms with E-state index in [9.17, 15) is 14.0 Å². The summed E-state index contributed by atoms with van der Waals surface area (Å²) < 4.78 is 15.7. The minimum atomic E-state index is -0.263. The van der Waals surface area contributed by atoms with Crippen molar-refractivity contribution in [1.29, 1.82) is 0 Å². The van der Waals surface area contributed by atoms with Crippen LogP contribution in [-0.4, -0.2) is 27.5 Å². The van der Waals surface area contributed by atoms with Crippen molar-refractivity contribution in [2.75, 3.05) is 5.32 Å². The maximum Gasteiger partial charge on any atom is 0.261 e. The van der Waals surface area contributed by atoms with Crippen LogP contribution in [0.3, 0.4) is 0 Å². The number of anilines is 1. The van der Waals surface area contributed by atoms with Gasteiger partial charge in [-0.2, -0.15) is 0 Å². The minimum Gasteiger partial charge on any atom is -0.325 e. The summed E-state index contributed by atoms with van der Waals surface area (Å²) in [5.74, 6) is 1.70. The first-order chi connectivity index (χ1) is 18.5. The highest BCUT2D eigenvalue weighted by atomic mass is 19.1. The molecule has 3 N–H and O–H groups in total. The van der Waals surface area contributed by atoms with E-state index in [0.29, 0.717) is 64.2 Å². The van der Waals surface area contributed by atoms with Gasteiger partial charge in [-0.3, -0.25) is 25.0 Å². The molecular formula is C30H37FN6O2. The number of nitrogens with one attached hydrogen (secondary N) is 3. The van der Waals surface area contributed by atoms with Gasteiger partial charge in [0.15, 0.2) is 0 Å². The molecule has 8 nitrogen and oxygen atoms in total. The molecule has 6 rings (SSSR count). The number of halogens is 1. The molecule has 39 heavy (non-hydrogen) atoms. The lowest BCUT2D eigenvalue weighted by atomic mass is 9.45. The van der Waals surface area contributed by atoms with E-state index in [4.69, 9.17) is 4.99 Å². The summed E-state index contributed by atoms with van der Waals surface area (Å²) in [7, 11) is 0. The van der Waals surface area contributed by atoms with E-state index in [0.717, 1.165) is 12.0 Å². The fraction of sp³-hybridized carbons (Fsp3) is 0.467. The Bertz CT molecular complexity index is 1500. The Kier molecular flexibility index (Phi) is 7.18. The van der Waals surface area contributed by atoms with Crippen molar-refractivity contribution in [3.63, 3.8) is 0 Å². The highest BCUT2D eigenvalue weighted by Crippen LogP contribution is 2.61. The maximum atomic E-state index is 14.2. The molecule has 1 heterocycles. The number of guanidine groups is 1. The Morgan fingerprint density at radius 2 is 1.97 bits per heavy atom. The number of aliphatic imine (C=N–C) groups is 1. The zero-order chi connectivity index (χ0) is 27.9. The number of amides is 1. The van der Waals surface area contributed by atoms with E-state index in [1.165, 1.54) is 30.3 Å². The van der Waals surface area contributed by atoms with Crippen molar-refractivity contribution in [1.82, 2.24) is 20.4 Å². The van der Waals surface area contributed by atoms with Crippen molar-refractivity contribution in [3.8, 4) is 0 Å². The standard InChI is InChI=1S/C30H37FN6O2/c1-17-6-7-20(25(31)12-17)10-11-37-16-32-27-15-22(8-9-23(27)28(37)39)33-29(36-35-19(3)38)34-26-14-21-13-24(18(26)2)30(21,4)5/h6-9,12,15-16,18,21,24,26H,10-11,13-14H2,1-5H3,(H,35,38)(H2,33,34,36)/t18-,21-,24+,26-/m0/s1. The number of carbonyl (C=O) groups is 1. The smallest absolute Gasteiger partial charge is 0.261 e. The Labute approximate surface area is 228 Å². The molecule has 3 aliphatic carbocycles. The monoisotopic (exact) mass is 532 g/mol. The van der Waals surface area contributed by atoms with Crippen LogP contribution in [0.5, 0.6) is 0 Å². The van der Waals surface area contributed by atoms with Gasteiger partial charge >= 0.3 is 0 Å². The minimum absolute atomic E-state index is 0.148. The fourth-order valence-electron chi connectivity index (χ4n) is 6.33. The second-order valence-corrected chi connectivity index (χ2v) is 11.8. The van der Waals surface area contributed by atoms with Gasteiger partial charge in [0.2, 0.25) is 11.9 Å². The second-order valence-electron chi connectivity index (χ2n) is 11.8. The van der Waals surface area contributed by atoms with Gasteiger partial charge in [-0.15, -0.1) is 0 Å². The quantitative estimate of drug-likeness (QED) is 0.254. The number of fused-ring (bicyclic) bond motifs is 3. The maximum absolute atomic E-state index is 14.2. The van der Waals surface area contributed by atoms with Gasteiger partial charge in [0.1, 0.15) is 5.82 Å². The Balaban J connectivity index is 1.34. The molecule has 0 saturated heterocycles. The third kappa shape index (κ3) is 5.40. The van der Waals surface area contributed by atoms with Gasteiger partial charge in [0, 0.05) is 19.2 Å². The molecule has 3 aliphatic rings. The molecule has 2 aromatic carbocycles. The van der Waals surface area contributed by atoms with Crippen molar-refractivity contribution in [3.05, 3.63) is 70.0 Å². The molecule has 1 amide bonds. The van der Waals surface area contributed by atoms with E-state index in [1.54, 1.807) is 24.3 Å². The van der Waals surface area contributed by atoms with Crippen molar-refractivity contribution < 1.29 is 9.18 Å². The zero-order valence-electron chi connectivity index (χ0n) is 23.2. The van der Waals surface area contributed by atoms with Gasteiger partial charge in [0.05, 0.1) is 23.3 Å². The van der Waals surface area contributed by atoms with Gasteiger partial charge in [-0.1, -0.05) is 32.9 Å². The highest BCUT2D eigenvalue weighted by molar-refractivity contribution is 5.96. The molecule has 4 atom stereocenters. The number of nitrogens with zero attached hydrogens (tertiary/aromatic N) is 3. The van der Waals surface area contributed by atoms with E-state index in [-0.39, 0.29) is 23.3 Å². The number of aryl methyl sites for hydroxylation is 3. The summed E-state index contributed by atoms with van der Waals surface area (Å²) in [6, 6.07) is 10.6. The van der Waals surface area contributed by atoms with Gasteiger partial charge in [0.25, 0.3) is 5.56 Å². The average molecular weight is 533 g/mol. The van der Waals surface area contributed by atoms with Gasteiger partial charge in [-0.25, -0.2) is 14.4 Å². The zero-order valence-corrected chi connectivity index (χ0v) is 23.2. The summed E-state index contributed by atoms with van der Waals surface area (Å²) >= 11 is 0. The topological polar surface area (TPSA) is 100 Å². The van der Waals surface area contributed by atoms with Crippen molar-refractivity contribution >= 4 is 28.5 Å². The summed E-state index contributed by atoms with van der Waals surface area (Å²) in [6.07, 6.45) is 4.17. The Morgan fingerprint density at radius 1 is 1.18 bits per heavy atom. The first kappa shape index (κ1) is 26.8. The molecule has 3 aromatic rings. The van der Waals surface area contributed by atoms with Crippen LogP contribution in [0.25, 0.3) is 10.9 Å². The van der Waals surface area contributed by atoms with Crippen LogP contribution in [0.15, 0.2) is 52.5 Å². The number of rotatable bonds is 5. The van der Waals surface area contributed by atoms with Gasteiger partial charge < -0.3 is 5.32 Å². The molecule has 0 aliphatic heterocycles. The first-order valence-electron chi connectivity index (χ1n) is 13.6. The predicted molar refractivity (Wildman–Crippen MR) is 152 cm³/mol. The lowest BCUT2D eigenvalue weighted by Gasteiger charge is -2.61. The Morgan fingerprint density at radius 3 is 2.67 bits per heavy atom. The number of hydrazine groups is 1. The third-order valence-electron chi connectivity index (χ3n) is 8.88. The molecule has 3 fully saturated rings. The second kappa shape index (κ2) is 10.4. The molecular weight excluding hydrogens is 495 g/mol. The summed E-state index contributed by atoms with van der Waals surface area (Å²) in [5.41, 5.74) is 8.38. The number of carbonyl (C=O) groups excluding carboxylic acids is 1. The summed E-state index contributed by atoms with van der Waals surface area (Å²) in [5, 5.41) is 3.75. The van der Waals surface area contributed by atoms with Crippen molar-refractivity contribution in [2.24, 2.45) is 28.2 Å². The average Bonchev–Trinajstić information content (AvgIpc) is 2.88. The van der Waals surface area contributed by atoms with E-state index >= 15 is 0 Å². The molecule has 206 valence electrons. The molecule has 9 heteroatoms. The normalized spacial score (nSPS) is 23.7. The van der Waals surface area contributed by atoms with Crippen LogP contribution in [-0.2, 0) is 17.8 Å². The van der Waals surface area contributed by atoms with Crippen LogP contribution < -0.4 is 21.7 Å². The number of hydrogen-bond donors (Lipinski definition) is 3. The van der Waals surface area contributed by atoms with Crippen LogP contribution in [0.2, 0.25) is 0 Å².